The molecule has 2 rings (SSSR count). The Morgan fingerprint density at radius 1 is 0.677 bits per heavy atom. The van der Waals surface area contributed by atoms with E-state index in [0.29, 0.717) is 21.1 Å². The van der Waals surface area contributed by atoms with E-state index in [1.807, 2.05) is 0 Å². The van der Waals surface area contributed by atoms with E-state index in [1.54, 1.807) is 13.8 Å². The smallest absolute Gasteiger partial charge is 0.258 e. The first-order chi connectivity index (χ1) is 14.5. The molecule has 0 spiro atoms. The zero-order valence-electron chi connectivity index (χ0n) is 16.5. The number of hydrazine groups is 2. The summed E-state index contributed by atoms with van der Waals surface area (Å²) < 4.78 is 0. The third-order valence-corrected chi connectivity index (χ3v) is 4.35. The third kappa shape index (κ3) is 5.37. The lowest BCUT2D eigenvalue weighted by molar-refractivity contribution is -0.500. The van der Waals surface area contributed by atoms with Gasteiger partial charge in [0.05, 0.1) is 22.9 Å². The summed E-state index contributed by atoms with van der Waals surface area (Å²) in [6, 6.07) is 7.77. The molecule has 2 aromatic carbocycles. The molecule has 0 aromatic heterocycles. The number of nitro benzene ring substituents is 2. The van der Waals surface area contributed by atoms with Crippen molar-refractivity contribution in [2.45, 2.75) is 20.3 Å². The summed E-state index contributed by atoms with van der Waals surface area (Å²) in [6.45, 7) is 2.38. The molecule has 14 heteroatoms. The lowest BCUT2D eigenvalue weighted by Crippen LogP contribution is -2.36. The fourth-order valence-corrected chi connectivity index (χ4v) is 2.95. The van der Waals surface area contributed by atoms with Crippen LogP contribution in [0, 0.1) is 54.3 Å². The minimum atomic E-state index is -0.845. The average molecular weight is 434 g/mol. The molecule has 14 nitrogen and oxygen atoms in total. The molecule has 0 bridgehead atoms. The number of nitrogens with zero attached hydrogens (tertiary/aromatic N) is 6. The number of rotatable bonds is 10. The van der Waals surface area contributed by atoms with E-state index in [-0.39, 0.29) is 17.8 Å². The second-order valence-electron chi connectivity index (χ2n) is 6.57. The Hall–Kier alpha value is -4.36. The summed E-state index contributed by atoms with van der Waals surface area (Å²) in [5.41, 5.74) is -0.423. The molecular formula is C17H18N6O8. The van der Waals surface area contributed by atoms with Crippen LogP contribution in [0.1, 0.15) is 17.5 Å². The molecule has 0 unspecified atom stereocenters. The molecule has 0 aliphatic carbocycles. The van der Waals surface area contributed by atoms with Crippen molar-refractivity contribution in [3.63, 3.8) is 0 Å². The Balaban J connectivity index is 2.28. The van der Waals surface area contributed by atoms with Gasteiger partial charge in [-0.3, -0.25) is 20.2 Å². The van der Waals surface area contributed by atoms with E-state index >= 15 is 0 Å². The van der Waals surface area contributed by atoms with Crippen molar-refractivity contribution < 1.29 is 19.9 Å². The third-order valence-electron chi connectivity index (χ3n) is 4.35. The number of hydrogen-bond acceptors (Lipinski definition) is 8. The molecule has 0 aliphatic heterocycles. The highest BCUT2D eigenvalue weighted by Crippen LogP contribution is 2.31. The van der Waals surface area contributed by atoms with Gasteiger partial charge in [-0.2, -0.15) is 0 Å². The molecule has 0 aliphatic rings. The highest BCUT2D eigenvalue weighted by atomic mass is 16.7. The minimum absolute atomic E-state index is 0.183. The molecule has 0 saturated carbocycles. The molecule has 0 fully saturated rings. The van der Waals surface area contributed by atoms with Crippen molar-refractivity contribution >= 4 is 22.7 Å². The standard InChI is InChI=1S/C17H18N6O8/c1-12-4-6-14(16(10-12)20(24)25)18(22(28)29)8-3-9-19(23(30)31)15-7-5-13(2)11-17(15)21(26)27/h4-7,10-11H,3,8-9H2,1-2H3. The van der Waals surface area contributed by atoms with Crippen molar-refractivity contribution in [3.05, 3.63) is 88.0 Å². The SMILES string of the molecule is Cc1ccc(N(CCCN(c2ccc(C)cc2[N+](=O)[O-])[N+](=O)[O-])[N+](=O)[O-])c([N+](=O)[O-])c1. The van der Waals surface area contributed by atoms with Crippen LogP contribution in [0.3, 0.4) is 0 Å². The van der Waals surface area contributed by atoms with Crippen LogP contribution in [0.15, 0.2) is 36.4 Å². The predicted molar refractivity (Wildman–Crippen MR) is 109 cm³/mol. The van der Waals surface area contributed by atoms with Gasteiger partial charge in [0.1, 0.15) is 0 Å². The summed E-state index contributed by atoms with van der Waals surface area (Å²) in [7, 11) is 0. The van der Waals surface area contributed by atoms with Crippen molar-refractivity contribution in [3.8, 4) is 0 Å². The average Bonchev–Trinajstić information content (AvgIpc) is 2.68. The summed E-state index contributed by atoms with van der Waals surface area (Å²) >= 11 is 0. The molecule has 0 N–H and O–H groups in total. The number of nitro groups is 4. The van der Waals surface area contributed by atoms with Crippen molar-refractivity contribution in [2.75, 3.05) is 23.1 Å². The van der Waals surface area contributed by atoms with E-state index in [9.17, 15) is 40.5 Å². The van der Waals surface area contributed by atoms with Crippen LogP contribution in [0.2, 0.25) is 0 Å². The van der Waals surface area contributed by atoms with Gasteiger partial charge in [-0.25, -0.2) is 20.2 Å². The summed E-state index contributed by atoms with van der Waals surface area (Å²) in [5, 5.41) is 44.9. The lowest BCUT2D eigenvalue weighted by atomic mass is 10.1. The molecule has 0 heterocycles. The zero-order valence-corrected chi connectivity index (χ0v) is 16.5. The molecule has 0 amide bonds. The fraction of sp³-hybridized carbons (Fsp3) is 0.294. The molecule has 0 radical (unpaired) electrons. The number of aryl methyl sites for hydroxylation is 2. The molecule has 0 saturated heterocycles. The Kier molecular flexibility index (Phi) is 6.97. The minimum Gasteiger partial charge on any atom is -0.258 e. The second kappa shape index (κ2) is 9.43. The lowest BCUT2D eigenvalue weighted by Gasteiger charge is -2.17. The normalized spacial score (nSPS) is 10.4. The van der Waals surface area contributed by atoms with Crippen LogP contribution >= 0.6 is 0 Å². The van der Waals surface area contributed by atoms with Gasteiger partial charge in [0.15, 0.2) is 21.4 Å². The van der Waals surface area contributed by atoms with Crippen LogP contribution in [0.4, 0.5) is 22.7 Å². The summed E-state index contributed by atoms with van der Waals surface area (Å²) in [5.74, 6) is 0. The van der Waals surface area contributed by atoms with Gasteiger partial charge in [-0.05, 0) is 43.5 Å². The second-order valence-corrected chi connectivity index (χ2v) is 6.57. The van der Waals surface area contributed by atoms with Crippen LogP contribution in [0.5, 0.6) is 0 Å². The molecule has 0 atom stereocenters. The highest BCUT2D eigenvalue weighted by molar-refractivity contribution is 5.63. The van der Waals surface area contributed by atoms with Crippen molar-refractivity contribution in [2.24, 2.45) is 0 Å². The maximum Gasteiger partial charge on any atom is 0.298 e. The zero-order chi connectivity index (χ0) is 23.3. The van der Waals surface area contributed by atoms with Crippen LogP contribution in [-0.4, -0.2) is 33.0 Å². The molecule has 164 valence electrons. The number of hydrogen-bond donors (Lipinski definition) is 0. The quantitative estimate of drug-likeness (QED) is 0.398. The van der Waals surface area contributed by atoms with Gasteiger partial charge in [-0.15, -0.1) is 0 Å². The number of anilines is 2. The first-order valence-electron chi connectivity index (χ1n) is 8.86. The summed E-state index contributed by atoms with van der Waals surface area (Å²) in [4.78, 5) is 44.0. The predicted octanol–water partition coefficient (Wildman–Crippen LogP) is 3.21. The van der Waals surface area contributed by atoms with Crippen molar-refractivity contribution in [1.29, 1.82) is 0 Å². The van der Waals surface area contributed by atoms with E-state index in [1.165, 1.54) is 36.4 Å². The number of benzene rings is 2. The Morgan fingerprint density at radius 2 is 1.03 bits per heavy atom. The Bertz CT molecular complexity index is 962. The van der Waals surface area contributed by atoms with E-state index in [4.69, 9.17) is 0 Å². The molecular weight excluding hydrogens is 416 g/mol. The first-order valence-corrected chi connectivity index (χ1v) is 8.86. The largest absolute Gasteiger partial charge is 0.298 e. The topological polar surface area (TPSA) is 179 Å². The van der Waals surface area contributed by atoms with Gasteiger partial charge in [0.2, 0.25) is 0 Å². The van der Waals surface area contributed by atoms with Gasteiger partial charge in [0.25, 0.3) is 11.4 Å². The van der Waals surface area contributed by atoms with Crippen molar-refractivity contribution in [1.82, 2.24) is 0 Å². The Labute approximate surface area is 174 Å². The molecule has 2 aromatic rings. The van der Waals surface area contributed by atoms with E-state index in [2.05, 4.69) is 0 Å². The maximum absolute atomic E-state index is 11.5. The van der Waals surface area contributed by atoms with Gasteiger partial charge in [0, 0.05) is 12.1 Å². The maximum atomic E-state index is 11.5. The van der Waals surface area contributed by atoms with Crippen LogP contribution in [-0.2, 0) is 0 Å². The van der Waals surface area contributed by atoms with E-state index < -0.39 is 44.4 Å². The Morgan fingerprint density at radius 3 is 1.32 bits per heavy atom. The molecule has 31 heavy (non-hydrogen) atoms. The monoisotopic (exact) mass is 434 g/mol. The van der Waals surface area contributed by atoms with E-state index in [0.717, 1.165) is 0 Å². The van der Waals surface area contributed by atoms with Gasteiger partial charge < -0.3 is 0 Å². The highest BCUT2D eigenvalue weighted by Gasteiger charge is 2.30. The van der Waals surface area contributed by atoms with Crippen LogP contribution < -0.4 is 10.0 Å². The fourth-order valence-electron chi connectivity index (χ4n) is 2.95. The van der Waals surface area contributed by atoms with Gasteiger partial charge in [-0.1, -0.05) is 22.2 Å². The first kappa shape index (κ1) is 22.9. The van der Waals surface area contributed by atoms with Gasteiger partial charge >= 0.3 is 0 Å². The van der Waals surface area contributed by atoms with Crippen LogP contribution in [0.25, 0.3) is 0 Å². The summed E-state index contributed by atoms with van der Waals surface area (Å²) in [6.07, 6.45) is -0.183.